The normalized spacial score (nSPS) is 15.5. The SMILES string of the molecule is COCCOc1cc(C)ccc1NC(=O)CN1CCN(S(=O)(=O)c2ccc(C)cc2)CC1. The second-order valence-corrected chi connectivity index (χ2v) is 9.82. The van der Waals surface area contributed by atoms with E-state index in [1.165, 1.54) is 4.31 Å². The van der Waals surface area contributed by atoms with Crippen molar-refractivity contribution < 1.29 is 22.7 Å². The van der Waals surface area contributed by atoms with E-state index in [2.05, 4.69) is 5.32 Å². The van der Waals surface area contributed by atoms with E-state index in [4.69, 9.17) is 9.47 Å². The topological polar surface area (TPSA) is 88.2 Å². The number of benzene rings is 2. The highest BCUT2D eigenvalue weighted by molar-refractivity contribution is 7.89. The van der Waals surface area contributed by atoms with Gasteiger partial charge in [0, 0.05) is 33.3 Å². The lowest BCUT2D eigenvalue weighted by Crippen LogP contribution is -2.50. The molecular formula is C23H31N3O5S. The number of ether oxygens (including phenoxy) is 2. The molecule has 3 rings (SSSR count). The first kappa shape index (κ1) is 24.2. The Hall–Kier alpha value is -2.46. The molecule has 0 atom stereocenters. The lowest BCUT2D eigenvalue weighted by Gasteiger charge is -2.33. The van der Waals surface area contributed by atoms with Crippen molar-refractivity contribution in [2.24, 2.45) is 0 Å². The van der Waals surface area contributed by atoms with E-state index in [1.807, 2.05) is 36.9 Å². The highest BCUT2D eigenvalue weighted by Crippen LogP contribution is 2.26. The predicted octanol–water partition coefficient (Wildman–Crippen LogP) is 2.27. The maximum absolute atomic E-state index is 12.8. The van der Waals surface area contributed by atoms with Crippen LogP contribution in [0.25, 0.3) is 0 Å². The fraction of sp³-hybridized carbons (Fsp3) is 0.435. The zero-order valence-electron chi connectivity index (χ0n) is 18.8. The third-order valence-corrected chi connectivity index (χ3v) is 7.23. The molecule has 1 fully saturated rings. The van der Waals surface area contributed by atoms with Crippen LogP contribution in [-0.2, 0) is 19.6 Å². The Bertz CT molecular complexity index is 1020. The zero-order chi connectivity index (χ0) is 23.1. The Balaban J connectivity index is 1.54. The van der Waals surface area contributed by atoms with E-state index in [-0.39, 0.29) is 12.5 Å². The first-order valence-corrected chi connectivity index (χ1v) is 12.0. The largest absolute Gasteiger partial charge is 0.489 e. The molecule has 1 saturated heterocycles. The number of piperazine rings is 1. The summed E-state index contributed by atoms with van der Waals surface area (Å²) in [4.78, 5) is 14.9. The van der Waals surface area contributed by atoms with E-state index in [0.717, 1.165) is 11.1 Å². The van der Waals surface area contributed by atoms with E-state index in [0.29, 0.717) is 55.7 Å². The standard InChI is InChI=1S/C23H31N3O5S/c1-18-4-7-20(8-5-18)32(28,29)26-12-10-25(11-13-26)17-23(27)24-21-9-6-19(2)16-22(21)31-15-14-30-3/h4-9,16H,10-15,17H2,1-3H3,(H,24,27). The van der Waals surface area contributed by atoms with Gasteiger partial charge in [-0.1, -0.05) is 23.8 Å². The fourth-order valence-electron chi connectivity index (χ4n) is 3.47. The van der Waals surface area contributed by atoms with Gasteiger partial charge in [-0.2, -0.15) is 4.31 Å². The number of carbonyl (C=O) groups excluding carboxylic acids is 1. The molecule has 2 aromatic carbocycles. The number of nitrogens with zero attached hydrogens (tertiary/aromatic N) is 2. The summed E-state index contributed by atoms with van der Waals surface area (Å²) in [6.07, 6.45) is 0. The molecule has 32 heavy (non-hydrogen) atoms. The third kappa shape index (κ3) is 6.29. The number of aryl methyl sites for hydroxylation is 2. The number of rotatable bonds is 9. The fourth-order valence-corrected chi connectivity index (χ4v) is 4.89. The zero-order valence-corrected chi connectivity index (χ0v) is 19.7. The number of anilines is 1. The minimum Gasteiger partial charge on any atom is -0.489 e. The summed E-state index contributed by atoms with van der Waals surface area (Å²) in [7, 11) is -1.92. The second-order valence-electron chi connectivity index (χ2n) is 7.88. The maximum atomic E-state index is 12.8. The van der Waals surface area contributed by atoms with Gasteiger partial charge in [-0.25, -0.2) is 8.42 Å². The van der Waals surface area contributed by atoms with E-state index >= 15 is 0 Å². The Morgan fingerprint density at radius 1 is 0.969 bits per heavy atom. The van der Waals surface area contributed by atoms with Gasteiger partial charge in [0.2, 0.25) is 15.9 Å². The molecule has 2 aromatic rings. The van der Waals surface area contributed by atoms with Crippen LogP contribution in [0.1, 0.15) is 11.1 Å². The molecule has 1 amide bonds. The molecule has 0 saturated carbocycles. The molecule has 8 nitrogen and oxygen atoms in total. The Morgan fingerprint density at radius 3 is 2.28 bits per heavy atom. The van der Waals surface area contributed by atoms with Gasteiger partial charge in [0.05, 0.1) is 23.7 Å². The highest BCUT2D eigenvalue weighted by atomic mass is 32.2. The molecule has 0 spiro atoms. The molecule has 0 radical (unpaired) electrons. The lowest BCUT2D eigenvalue weighted by atomic mass is 10.2. The van der Waals surface area contributed by atoms with Crippen molar-refractivity contribution in [2.45, 2.75) is 18.7 Å². The summed E-state index contributed by atoms with van der Waals surface area (Å²) >= 11 is 0. The molecule has 0 aromatic heterocycles. The van der Waals surface area contributed by atoms with Gasteiger partial charge in [-0.05, 0) is 43.7 Å². The summed E-state index contributed by atoms with van der Waals surface area (Å²) in [6, 6.07) is 12.5. The van der Waals surface area contributed by atoms with Crippen molar-refractivity contribution in [3.8, 4) is 5.75 Å². The van der Waals surface area contributed by atoms with Gasteiger partial charge in [0.25, 0.3) is 0 Å². The highest BCUT2D eigenvalue weighted by Gasteiger charge is 2.29. The number of nitrogens with one attached hydrogen (secondary N) is 1. The first-order valence-electron chi connectivity index (χ1n) is 10.6. The van der Waals surface area contributed by atoms with Crippen molar-refractivity contribution in [1.82, 2.24) is 9.21 Å². The van der Waals surface area contributed by atoms with Crippen LogP contribution in [0.3, 0.4) is 0 Å². The van der Waals surface area contributed by atoms with Gasteiger partial charge in [-0.15, -0.1) is 0 Å². The lowest BCUT2D eigenvalue weighted by molar-refractivity contribution is -0.117. The molecule has 0 aliphatic carbocycles. The van der Waals surface area contributed by atoms with Crippen LogP contribution in [0.5, 0.6) is 5.75 Å². The van der Waals surface area contributed by atoms with Crippen LogP contribution in [0.15, 0.2) is 47.4 Å². The molecule has 1 aliphatic heterocycles. The number of sulfonamides is 1. The van der Waals surface area contributed by atoms with Crippen molar-refractivity contribution in [3.63, 3.8) is 0 Å². The van der Waals surface area contributed by atoms with Gasteiger partial charge in [-0.3, -0.25) is 9.69 Å². The van der Waals surface area contributed by atoms with Crippen LogP contribution in [-0.4, -0.2) is 76.6 Å². The number of carbonyl (C=O) groups is 1. The Labute approximate surface area is 190 Å². The van der Waals surface area contributed by atoms with Crippen LogP contribution >= 0.6 is 0 Å². The average Bonchev–Trinajstić information content (AvgIpc) is 2.76. The summed E-state index contributed by atoms with van der Waals surface area (Å²) < 4.78 is 37.9. The van der Waals surface area contributed by atoms with Crippen LogP contribution in [0.4, 0.5) is 5.69 Å². The van der Waals surface area contributed by atoms with E-state index < -0.39 is 10.0 Å². The van der Waals surface area contributed by atoms with Crippen molar-refractivity contribution in [3.05, 3.63) is 53.6 Å². The molecular weight excluding hydrogens is 430 g/mol. The molecule has 1 aliphatic rings. The van der Waals surface area contributed by atoms with Crippen LogP contribution < -0.4 is 10.1 Å². The summed E-state index contributed by atoms with van der Waals surface area (Å²) in [6.45, 7) is 6.58. The minimum atomic E-state index is -3.52. The van der Waals surface area contributed by atoms with Crippen LogP contribution in [0.2, 0.25) is 0 Å². The molecule has 1 N–H and O–H groups in total. The quantitative estimate of drug-likeness (QED) is 0.577. The molecule has 0 bridgehead atoms. The monoisotopic (exact) mass is 461 g/mol. The first-order chi connectivity index (χ1) is 15.3. The van der Waals surface area contributed by atoms with Gasteiger partial charge >= 0.3 is 0 Å². The predicted molar refractivity (Wildman–Crippen MR) is 124 cm³/mol. The third-order valence-electron chi connectivity index (χ3n) is 5.31. The smallest absolute Gasteiger partial charge is 0.243 e. The summed E-state index contributed by atoms with van der Waals surface area (Å²) in [5.41, 5.74) is 2.65. The second kappa shape index (κ2) is 10.9. The van der Waals surface area contributed by atoms with Gasteiger partial charge < -0.3 is 14.8 Å². The van der Waals surface area contributed by atoms with Crippen molar-refractivity contribution >= 4 is 21.6 Å². The average molecular weight is 462 g/mol. The van der Waals surface area contributed by atoms with Crippen LogP contribution in [0, 0.1) is 13.8 Å². The van der Waals surface area contributed by atoms with Crippen molar-refractivity contribution in [1.29, 1.82) is 0 Å². The molecule has 174 valence electrons. The summed E-state index contributed by atoms with van der Waals surface area (Å²) in [5, 5.41) is 2.91. The summed E-state index contributed by atoms with van der Waals surface area (Å²) in [5.74, 6) is 0.435. The minimum absolute atomic E-state index is 0.166. The molecule has 9 heteroatoms. The number of amides is 1. The maximum Gasteiger partial charge on any atom is 0.243 e. The van der Waals surface area contributed by atoms with E-state index in [9.17, 15) is 13.2 Å². The van der Waals surface area contributed by atoms with Crippen molar-refractivity contribution in [2.75, 3.05) is 58.4 Å². The molecule has 1 heterocycles. The number of hydrogen-bond acceptors (Lipinski definition) is 6. The molecule has 0 unspecified atom stereocenters. The number of hydrogen-bond donors (Lipinski definition) is 1. The Morgan fingerprint density at radius 2 is 1.62 bits per heavy atom. The van der Waals surface area contributed by atoms with E-state index in [1.54, 1.807) is 31.4 Å². The number of methoxy groups -OCH3 is 1. The van der Waals surface area contributed by atoms with Gasteiger partial charge in [0.1, 0.15) is 12.4 Å². The van der Waals surface area contributed by atoms with Gasteiger partial charge in [0.15, 0.2) is 0 Å². The Kier molecular flexibility index (Phi) is 8.25.